The van der Waals surface area contributed by atoms with Gasteiger partial charge in [0.1, 0.15) is 12.4 Å². The van der Waals surface area contributed by atoms with Gasteiger partial charge in [0.2, 0.25) is 0 Å². The highest BCUT2D eigenvalue weighted by atomic mass is 32.3. The molecule has 1 fully saturated rings. The van der Waals surface area contributed by atoms with Crippen LogP contribution < -0.4 is 4.90 Å². The fraction of sp³-hybridized carbons (Fsp3) is 0.480. The zero-order valence-electron chi connectivity index (χ0n) is 19.4. The minimum absolute atomic E-state index is 0.0244. The van der Waals surface area contributed by atoms with E-state index in [9.17, 15) is 0 Å². The summed E-state index contributed by atoms with van der Waals surface area (Å²) >= 11 is 0. The SMILES string of the molecule is CS(C)(C)CCOCn1ccc2cc(N3CCOCC(OCc4ccccc4)C3)cnc21. The lowest BCUT2D eigenvalue weighted by Gasteiger charge is -2.25. The third-order valence-electron chi connectivity index (χ3n) is 5.58. The molecule has 0 spiro atoms. The average molecular weight is 458 g/mol. The molecule has 1 aliphatic rings. The first-order valence-corrected chi connectivity index (χ1v) is 14.2. The molecule has 3 heterocycles. The summed E-state index contributed by atoms with van der Waals surface area (Å²) in [6, 6.07) is 14.6. The number of ether oxygens (including phenoxy) is 3. The molecule has 1 aromatic carbocycles. The van der Waals surface area contributed by atoms with Gasteiger partial charge in [-0.25, -0.2) is 15.0 Å². The van der Waals surface area contributed by atoms with Crippen molar-refractivity contribution < 1.29 is 14.2 Å². The van der Waals surface area contributed by atoms with E-state index in [2.05, 4.69) is 58.7 Å². The normalized spacial score (nSPS) is 18.1. The Bertz CT molecular complexity index is 987. The predicted octanol–water partition coefficient (Wildman–Crippen LogP) is 4.13. The van der Waals surface area contributed by atoms with E-state index in [1.165, 1.54) is 5.56 Å². The molecule has 32 heavy (non-hydrogen) atoms. The van der Waals surface area contributed by atoms with E-state index in [1.54, 1.807) is 0 Å². The maximum Gasteiger partial charge on any atom is 0.141 e. The molecule has 3 aromatic rings. The van der Waals surface area contributed by atoms with Crippen molar-refractivity contribution >= 4 is 26.7 Å². The quantitative estimate of drug-likeness (QED) is 0.452. The van der Waals surface area contributed by atoms with Crippen LogP contribution in [0.25, 0.3) is 11.0 Å². The van der Waals surface area contributed by atoms with Gasteiger partial charge in [0.25, 0.3) is 0 Å². The maximum absolute atomic E-state index is 6.17. The maximum atomic E-state index is 6.17. The van der Waals surface area contributed by atoms with E-state index in [0.717, 1.165) is 42.2 Å². The molecule has 2 aromatic heterocycles. The van der Waals surface area contributed by atoms with E-state index in [1.807, 2.05) is 24.4 Å². The van der Waals surface area contributed by atoms with E-state index in [-0.39, 0.29) is 6.10 Å². The van der Waals surface area contributed by atoms with Crippen molar-refractivity contribution in [1.82, 2.24) is 9.55 Å². The molecule has 0 aliphatic carbocycles. The minimum atomic E-state index is -0.529. The van der Waals surface area contributed by atoms with E-state index in [4.69, 9.17) is 19.2 Å². The molecule has 6 nitrogen and oxygen atoms in total. The largest absolute Gasteiger partial charge is 0.377 e. The average Bonchev–Trinajstić information content (AvgIpc) is 3.03. The van der Waals surface area contributed by atoms with E-state index in [0.29, 0.717) is 26.6 Å². The molecule has 0 saturated carbocycles. The highest BCUT2D eigenvalue weighted by Crippen LogP contribution is 2.33. The summed E-state index contributed by atoms with van der Waals surface area (Å²) in [6.45, 7) is 4.85. The fourth-order valence-electron chi connectivity index (χ4n) is 3.72. The lowest BCUT2D eigenvalue weighted by atomic mass is 10.2. The Morgan fingerprint density at radius 3 is 2.81 bits per heavy atom. The highest BCUT2D eigenvalue weighted by molar-refractivity contribution is 8.32. The molecule has 1 atom stereocenters. The van der Waals surface area contributed by atoms with Gasteiger partial charge in [-0.1, -0.05) is 30.3 Å². The van der Waals surface area contributed by atoms with Crippen LogP contribution in [0, 0.1) is 0 Å². The van der Waals surface area contributed by atoms with Crippen molar-refractivity contribution in [2.75, 3.05) is 62.3 Å². The van der Waals surface area contributed by atoms with Crippen LogP contribution in [0.4, 0.5) is 5.69 Å². The summed E-state index contributed by atoms with van der Waals surface area (Å²) in [7, 11) is -0.529. The molecule has 0 amide bonds. The molecule has 1 saturated heterocycles. The lowest BCUT2D eigenvalue weighted by molar-refractivity contribution is -0.00795. The van der Waals surface area contributed by atoms with E-state index >= 15 is 0 Å². The molecule has 0 radical (unpaired) electrons. The third kappa shape index (κ3) is 6.48. The molecule has 0 N–H and O–H groups in total. The molecule has 174 valence electrons. The van der Waals surface area contributed by atoms with Crippen LogP contribution >= 0.6 is 10.0 Å². The zero-order chi connectivity index (χ0) is 22.4. The molecule has 1 unspecified atom stereocenters. The van der Waals surface area contributed by atoms with Crippen LogP contribution in [0.2, 0.25) is 0 Å². The van der Waals surface area contributed by atoms with Crippen molar-refractivity contribution in [3.63, 3.8) is 0 Å². The number of rotatable bonds is 9. The Labute approximate surface area is 192 Å². The smallest absolute Gasteiger partial charge is 0.141 e. The fourth-order valence-corrected chi connectivity index (χ4v) is 4.34. The Balaban J connectivity index is 1.37. The second kappa shape index (κ2) is 10.7. The van der Waals surface area contributed by atoms with Crippen molar-refractivity contribution in [2.24, 2.45) is 0 Å². The molecule has 4 rings (SSSR count). The van der Waals surface area contributed by atoms with Gasteiger partial charge in [-0.05, 0) is 36.5 Å². The topological polar surface area (TPSA) is 48.8 Å². The van der Waals surface area contributed by atoms with Gasteiger partial charge in [0.05, 0.1) is 44.4 Å². The summed E-state index contributed by atoms with van der Waals surface area (Å²) in [5.74, 6) is 1.12. The summed E-state index contributed by atoms with van der Waals surface area (Å²) in [6.07, 6.45) is 11.0. The lowest BCUT2D eigenvalue weighted by Crippen LogP contribution is -2.34. The van der Waals surface area contributed by atoms with Gasteiger partial charge >= 0.3 is 0 Å². The van der Waals surface area contributed by atoms with Gasteiger partial charge in [-0.3, -0.25) is 0 Å². The Kier molecular flexibility index (Phi) is 7.73. The Hall–Kier alpha value is -2.06. The number of hydrogen-bond acceptors (Lipinski definition) is 5. The van der Waals surface area contributed by atoms with Gasteiger partial charge in [0.15, 0.2) is 0 Å². The molecule has 7 heteroatoms. The van der Waals surface area contributed by atoms with Gasteiger partial charge in [-0.15, -0.1) is 0 Å². The van der Waals surface area contributed by atoms with Crippen LogP contribution in [-0.2, 0) is 27.5 Å². The standard InChI is InChI=1S/C25H35N3O3S/c1-32(2,3)14-13-30-20-28-10-9-22-15-23(16-26-25(22)28)27-11-12-29-19-24(17-27)31-18-21-7-5-4-6-8-21/h4-10,15-16,24H,11-14,17-20H2,1-3H3. The second-order valence-corrected chi connectivity index (χ2v) is 13.8. The molecular formula is C25H35N3O3S. The monoisotopic (exact) mass is 457 g/mol. The number of benzene rings is 1. The van der Waals surface area contributed by atoms with Crippen molar-refractivity contribution in [2.45, 2.75) is 19.4 Å². The first-order valence-electron chi connectivity index (χ1n) is 11.1. The minimum Gasteiger partial charge on any atom is -0.377 e. The first-order chi connectivity index (χ1) is 15.5. The summed E-state index contributed by atoms with van der Waals surface area (Å²) in [4.78, 5) is 7.07. The van der Waals surface area contributed by atoms with Gasteiger partial charge in [0, 0.05) is 30.4 Å². The third-order valence-corrected chi connectivity index (χ3v) is 6.98. The van der Waals surface area contributed by atoms with Crippen molar-refractivity contribution in [3.8, 4) is 0 Å². The summed E-state index contributed by atoms with van der Waals surface area (Å²) in [5.41, 5.74) is 3.24. The van der Waals surface area contributed by atoms with Crippen molar-refractivity contribution in [3.05, 3.63) is 60.4 Å². The van der Waals surface area contributed by atoms with Gasteiger partial charge in [-0.2, -0.15) is 0 Å². The highest BCUT2D eigenvalue weighted by Gasteiger charge is 2.20. The number of pyridine rings is 1. The molecule has 0 bridgehead atoms. The number of nitrogens with zero attached hydrogens (tertiary/aromatic N) is 3. The van der Waals surface area contributed by atoms with Gasteiger partial charge < -0.3 is 23.7 Å². The number of aromatic nitrogens is 2. The molecular weight excluding hydrogens is 422 g/mol. The molecule has 1 aliphatic heterocycles. The van der Waals surface area contributed by atoms with Crippen molar-refractivity contribution in [1.29, 1.82) is 0 Å². The first kappa shape index (κ1) is 23.1. The second-order valence-electron chi connectivity index (χ2n) is 9.16. The zero-order valence-corrected chi connectivity index (χ0v) is 20.2. The number of fused-ring (bicyclic) bond motifs is 1. The van der Waals surface area contributed by atoms with Crippen LogP contribution in [-0.4, -0.2) is 73.1 Å². The summed E-state index contributed by atoms with van der Waals surface area (Å²) < 4.78 is 20.0. The number of anilines is 1. The Morgan fingerprint density at radius 1 is 1.16 bits per heavy atom. The van der Waals surface area contributed by atoms with Crippen LogP contribution in [0.3, 0.4) is 0 Å². The predicted molar refractivity (Wildman–Crippen MR) is 134 cm³/mol. The number of hydrogen-bond donors (Lipinski definition) is 0. The van der Waals surface area contributed by atoms with Crippen LogP contribution in [0.1, 0.15) is 5.56 Å². The van der Waals surface area contributed by atoms with Crippen LogP contribution in [0.5, 0.6) is 0 Å². The van der Waals surface area contributed by atoms with Crippen LogP contribution in [0.15, 0.2) is 54.9 Å². The van der Waals surface area contributed by atoms with E-state index < -0.39 is 10.0 Å². The summed E-state index contributed by atoms with van der Waals surface area (Å²) in [5, 5.41) is 1.12. The Morgan fingerprint density at radius 2 is 2.00 bits per heavy atom.